The molecule has 0 aromatic heterocycles. The van der Waals surface area contributed by atoms with Crippen LogP contribution in [0.4, 0.5) is 20.6 Å². The summed E-state index contributed by atoms with van der Waals surface area (Å²) in [6.07, 6.45) is 1.26. The summed E-state index contributed by atoms with van der Waals surface area (Å²) in [5, 5.41) is 13.0. The molecule has 0 spiro atoms. The number of halogens is 3. The van der Waals surface area contributed by atoms with Crippen LogP contribution >= 0.6 is 31.9 Å². The molecule has 0 unspecified atom stereocenters. The highest BCUT2D eigenvalue weighted by atomic mass is 79.9. The molecule has 1 fully saturated rings. The van der Waals surface area contributed by atoms with Gasteiger partial charge in [0.1, 0.15) is 23.7 Å². The lowest BCUT2D eigenvalue weighted by molar-refractivity contribution is -0.384. The van der Waals surface area contributed by atoms with Crippen LogP contribution in [0.1, 0.15) is 11.1 Å². The number of amides is 4. The Morgan fingerprint density at radius 3 is 2.44 bits per heavy atom. The molecular formula is C24H14Br2FN3O6. The lowest BCUT2D eigenvalue weighted by Crippen LogP contribution is -2.54. The fraction of sp³-hybridized carbons (Fsp3) is 0.0417. The number of non-ortho nitro benzene ring substituents is 1. The first-order chi connectivity index (χ1) is 17.1. The van der Waals surface area contributed by atoms with Gasteiger partial charge in [-0.15, -0.1) is 0 Å². The predicted molar refractivity (Wildman–Crippen MR) is 135 cm³/mol. The summed E-state index contributed by atoms with van der Waals surface area (Å²) in [5.41, 5.74) is 0.330. The fourth-order valence-electron chi connectivity index (χ4n) is 3.39. The molecule has 1 heterocycles. The van der Waals surface area contributed by atoms with E-state index in [2.05, 4.69) is 37.2 Å². The van der Waals surface area contributed by atoms with Crippen LogP contribution in [0.2, 0.25) is 0 Å². The van der Waals surface area contributed by atoms with Crippen LogP contribution in [0.5, 0.6) is 5.75 Å². The van der Waals surface area contributed by atoms with E-state index in [4.69, 9.17) is 4.74 Å². The van der Waals surface area contributed by atoms with Crippen LogP contribution in [0.15, 0.2) is 75.2 Å². The van der Waals surface area contributed by atoms with E-state index in [1.807, 2.05) is 0 Å². The average Bonchev–Trinajstić information content (AvgIpc) is 2.81. The van der Waals surface area contributed by atoms with Gasteiger partial charge in [0.15, 0.2) is 0 Å². The Bertz CT molecular complexity index is 1440. The van der Waals surface area contributed by atoms with Gasteiger partial charge < -0.3 is 4.74 Å². The Morgan fingerprint density at radius 1 is 1.06 bits per heavy atom. The Morgan fingerprint density at radius 2 is 1.78 bits per heavy atom. The molecule has 0 aliphatic carbocycles. The molecule has 3 aromatic rings. The number of urea groups is 1. The van der Waals surface area contributed by atoms with E-state index in [0.717, 1.165) is 12.1 Å². The summed E-state index contributed by atoms with van der Waals surface area (Å²) in [6.45, 7) is 0.00170. The normalized spacial score (nSPS) is 14.7. The Labute approximate surface area is 220 Å². The van der Waals surface area contributed by atoms with E-state index in [1.165, 1.54) is 30.3 Å². The molecule has 1 aliphatic rings. The molecular weight excluding hydrogens is 605 g/mol. The smallest absolute Gasteiger partial charge is 0.335 e. The molecule has 12 heteroatoms. The number of anilines is 1. The predicted octanol–water partition coefficient (Wildman–Crippen LogP) is 5.50. The third kappa shape index (κ3) is 5.34. The molecule has 0 saturated carbocycles. The second kappa shape index (κ2) is 10.4. The number of barbiturate groups is 1. The fourth-order valence-corrected chi connectivity index (χ4v) is 4.77. The number of hydrogen-bond acceptors (Lipinski definition) is 6. The topological polar surface area (TPSA) is 119 Å². The zero-order chi connectivity index (χ0) is 26.0. The third-order valence-electron chi connectivity index (χ3n) is 5.03. The summed E-state index contributed by atoms with van der Waals surface area (Å²) >= 11 is 6.75. The van der Waals surface area contributed by atoms with E-state index in [0.29, 0.717) is 25.0 Å². The largest absolute Gasteiger partial charge is 0.487 e. The maximum atomic E-state index is 13.5. The molecule has 4 rings (SSSR count). The van der Waals surface area contributed by atoms with Crippen molar-refractivity contribution in [3.8, 4) is 5.75 Å². The lowest BCUT2D eigenvalue weighted by atomic mass is 10.1. The highest BCUT2D eigenvalue weighted by molar-refractivity contribution is 9.11. The van der Waals surface area contributed by atoms with Crippen molar-refractivity contribution in [2.24, 2.45) is 0 Å². The number of nitro benzene ring substituents is 1. The lowest BCUT2D eigenvalue weighted by Gasteiger charge is -2.26. The van der Waals surface area contributed by atoms with Crippen LogP contribution in [0.25, 0.3) is 6.08 Å². The molecule has 182 valence electrons. The van der Waals surface area contributed by atoms with E-state index < -0.39 is 28.6 Å². The molecule has 1 aliphatic heterocycles. The second-order valence-electron chi connectivity index (χ2n) is 7.46. The quantitative estimate of drug-likeness (QED) is 0.169. The Hall–Kier alpha value is -3.90. The Kier molecular flexibility index (Phi) is 7.27. The van der Waals surface area contributed by atoms with Crippen molar-refractivity contribution in [1.82, 2.24) is 5.32 Å². The first-order valence-electron chi connectivity index (χ1n) is 10.2. The van der Waals surface area contributed by atoms with Crippen molar-refractivity contribution in [1.29, 1.82) is 0 Å². The Balaban J connectivity index is 1.70. The van der Waals surface area contributed by atoms with Gasteiger partial charge in [0.25, 0.3) is 17.5 Å². The number of benzene rings is 3. The molecule has 0 radical (unpaired) electrons. The summed E-state index contributed by atoms with van der Waals surface area (Å²) in [4.78, 5) is 49.2. The maximum Gasteiger partial charge on any atom is 0.335 e. The molecule has 0 bridgehead atoms. The molecule has 4 amide bonds. The highest BCUT2D eigenvalue weighted by Gasteiger charge is 2.37. The molecule has 1 saturated heterocycles. The number of carbonyl (C=O) groups excluding carboxylic acids is 3. The van der Waals surface area contributed by atoms with Gasteiger partial charge in [-0.05, 0) is 64.0 Å². The van der Waals surface area contributed by atoms with Gasteiger partial charge in [0.05, 0.1) is 15.1 Å². The third-order valence-corrected chi connectivity index (χ3v) is 6.08. The number of nitrogens with one attached hydrogen (secondary N) is 1. The van der Waals surface area contributed by atoms with Crippen molar-refractivity contribution in [2.45, 2.75) is 6.61 Å². The number of hydrogen-bond donors (Lipinski definition) is 1. The van der Waals surface area contributed by atoms with E-state index in [9.17, 15) is 28.9 Å². The number of nitro groups is 1. The summed E-state index contributed by atoms with van der Waals surface area (Å²) in [7, 11) is 0. The van der Waals surface area contributed by atoms with Crippen LogP contribution < -0.4 is 15.0 Å². The standard InChI is InChI=1S/C24H14Br2FN3O6/c25-15-9-14(21(20(26)11-15)36-12-13-2-1-3-16(27)8-13)10-19-22(31)28-24(33)29(23(19)32)17-4-6-18(7-5-17)30(34)35/h1-11H,12H2,(H,28,31,33)/b19-10+. The highest BCUT2D eigenvalue weighted by Crippen LogP contribution is 2.36. The minimum Gasteiger partial charge on any atom is -0.487 e. The molecule has 0 atom stereocenters. The van der Waals surface area contributed by atoms with Gasteiger partial charge in [-0.25, -0.2) is 14.1 Å². The minimum atomic E-state index is -0.992. The van der Waals surface area contributed by atoms with Crippen molar-refractivity contribution in [3.63, 3.8) is 0 Å². The SMILES string of the molecule is O=C1NC(=O)N(c2ccc([N+](=O)[O-])cc2)C(=O)/C1=C/c1cc(Br)cc(Br)c1OCc1cccc(F)c1. The number of imide groups is 2. The molecule has 1 N–H and O–H groups in total. The summed E-state index contributed by atoms with van der Waals surface area (Å²) < 4.78 is 20.5. The number of nitrogens with zero attached hydrogens (tertiary/aromatic N) is 2. The van der Waals surface area contributed by atoms with Crippen molar-refractivity contribution in [3.05, 3.63) is 102 Å². The average molecular weight is 619 g/mol. The molecule has 9 nitrogen and oxygen atoms in total. The number of carbonyl (C=O) groups is 3. The maximum absolute atomic E-state index is 13.5. The minimum absolute atomic E-state index is 0.00170. The van der Waals surface area contributed by atoms with Gasteiger partial charge in [0.2, 0.25) is 0 Å². The zero-order valence-corrected chi connectivity index (χ0v) is 21.2. The van der Waals surface area contributed by atoms with Gasteiger partial charge in [-0.2, -0.15) is 0 Å². The van der Waals surface area contributed by atoms with Crippen molar-refractivity contribution >= 4 is 67.2 Å². The van der Waals surface area contributed by atoms with Gasteiger partial charge in [0, 0.05) is 22.2 Å². The van der Waals surface area contributed by atoms with Gasteiger partial charge >= 0.3 is 6.03 Å². The van der Waals surface area contributed by atoms with E-state index in [1.54, 1.807) is 24.3 Å². The summed E-state index contributed by atoms with van der Waals surface area (Å²) in [6, 6.07) is 12.9. The number of rotatable bonds is 6. The van der Waals surface area contributed by atoms with Crippen LogP contribution in [-0.4, -0.2) is 22.8 Å². The first kappa shape index (κ1) is 25.2. The van der Waals surface area contributed by atoms with Crippen LogP contribution in [-0.2, 0) is 16.2 Å². The monoisotopic (exact) mass is 617 g/mol. The number of ether oxygens (including phenoxy) is 1. The second-order valence-corrected chi connectivity index (χ2v) is 9.23. The molecule has 36 heavy (non-hydrogen) atoms. The zero-order valence-electron chi connectivity index (χ0n) is 18.0. The van der Waals surface area contributed by atoms with Crippen molar-refractivity contribution < 1.29 is 28.4 Å². The van der Waals surface area contributed by atoms with E-state index in [-0.39, 0.29) is 29.3 Å². The first-order valence-corrected chi connectivity index (χ1v) is 11.7. The van der Waals surface area contributed by atoms with Gasteiger partial charge in [-0.1, -0.05) is 28.1 Å². The van der Waals surface area contributed by atoms with Gasteiger partial charge in [-0.3, -0.25) is 25.0 Å². The van der Waals surface area contributed by atoms with Crippen LogP contribution in [0.3, 0.4) is 0 Å². The molecule has 3 aromatic carbocycles. The van der Waals surface area contributed by atoms with E-state index >= 15 is 0 Å². The van der Waals surface area contributed by atoms with Crippen LogP contribution in [0, 0.1) is 15.9 Å². The van der Waals surface area contributed by atoms with Crippen molar-refractivity contribution in [2.75, 3.05) is 4.90 Å². The summed E-state index contributed by atoms with van der Waals surface area (Å²) in [5.74, 6) is -2.00.